The molecule has 2 aromatic heterocycles. The third-order valence-electron chi connectivity index (χ3n) is 7.40. The van der Waals surface area contributed by atoms with Crippen LogP contribution in [0.1, 0.15) is 0 Å². The molecule has 0 saturated carbocycles. The molecule has 2 aliphatic rings. The molecule has 2 aromatic carbocycles. The van der Waals surface area contributed by atoms with Gasteiger partial charge in [-0.25, -0.2) is 9.59 Å². The lowest BCUT2D eigenvalue weighted by Gasteiger charge is -2.28. The van der Waals surface area contributed by atoms with E-state index in [4.69, 9.17) is 0 Å². The van der Waals surface area contributed by atoms with Crippen LogP contribution in [0.15, 0.2) is 48.5 Å². The predicted molar refractivity (Wildman–Crippen MR) is 142 cm³/mol. The van der Waals surface area contributed by atoms with Crippen molar-refractivity contribution < 1.29 is 28.8 Å². The van der Waals surface area contributed by atoms with Gasteiger partial charge in [0, 0.05) is 49.7 Å². The minimum Gasteiger partial charge on any atom is -0.352 e. The number of amides is 8. The van der Waals surface area contributed by atoms with Crippen LogP contribution >= 0.6 is 0 Å². The summed E-state index contributed by atoms with van der Waals surface area (Å²) in [6, 6.07) is 12.8. The molecule has 4 aromatic rings. The molecule has 0 spiro atoms. The molecule has 4 heterocycles. The van der Waals surface area contributed by atoms with Crippen molar-refractivity contribution in [3.05, 3.63) is 69.9 Å². The third kappa shape index (κ3) is 3.19. The summed E-state index contributed by atoms with van der Waals surface area (Å²) in [7, 11) is 5.22. The van der Waals surface area contributed by atoms with Crippen LogP contribution in [0.3, 0.4) is 0 Å². The predicted octanol–water partition coefficient (Wildman–Crippen LogP) is 0.338. The number of aromatic nitrogens is 2. The summed E-state index contributed by atoms with van der Waals surface area (Å²) in [6.07, 6.45) is 0. The molecular formula is C28H22N6O6. The van der Waals surface area contributed by atoms with Crippen LogP contribution in [-0.2, 0) is 19.2 Å². The van der Waals surface area contributed by atoms with E-state index in [-0.39, 0.29) is 21.8 Å². The molecule has 6 rings (SSSR count). The Morgan fingerprint density at radius 1 is 0.425 bits per heavy atom. The lowest BCUT2D eigenvalue weighted by Crippen LogP contribution is -2.54. The number of urea groups is 2. The zero-order valence-corrected chi connectivity index (χ0v) is 21.9. The number of rotatable bonds is 0. The average molecular weight is 539 g/mol. The van der Waals surface area contributed by atoms with E-state index in [9.17, 15) is 28.8 Å². The molecule has 0 unspecified atom stereocenters. The first kappa shape index (κ1) is 24.8. The minimum atomic E-state index is -0.742. The molecule has 8 amide bonds. The van der Waals surface area contributed by atoms with Gasteiger partial charge in [0.2, 0.25) is 0 Å². The third-order valence-corrected chi connectivity index (χ3v) is 7.40. The quantitative estimate of drug-likeness (QED) is 0.330. The summed E-state index contributed by atoms with van der Waals surface area (Å²) < 4.78 is 0. The second-order valence-electron chi connectivity index (χ2n) is 9.61. The van der Waals surface area contributed by atoms with Crippen LogP contribution in [0, 0.1) is 10.7 Å². The zero-order chi connectivity index (χ0) is 28.6. The number of nitrogens with zero attached hydrogens (tertiary/aromatic N) is 4. The standard InChI is InChI=1S/C28H22N6O6/c1-31-23(35)17(24(36)32(2)27(31)39)19-13-9-5-7-11-15(13)21(29-19)22-16-12-8-6-10-14(16)20(30-22)18-25(37)33(3)28(40)34(4)26(18)38/h5-12,29-30H,1-4H3/b22-21+. The van der Waals surface area contributed by atoms with Crippen molar-refractivity contribution in [3.8, 4) is 0 Å². The first-order chi connectivity index (χ1) is 19.0. The first-order valence-electron chi connectivity index (χ1n) is 12.2. The molecule has 40 heavy (non-hydrogen) atoms. The van der Waals surface area contributed by atoms with Gasteiger partial charge in [-0.15, -0.1) is 0 Å². The number of imide groups is 4. The van der Waals surface area contributed by atoms with E-state index in [1.54, 1.807) is 48.5 Å². The van der Waals surface area contributed by atoms with Crippen LogP contribution in [-0.4, -0.2) is 93.4 Å². The second kappa shape index (κ2) is 8.50. The van der Waals surface area contributed by atoms with Crippen molar-refractivity contribution in [1.82, 2.24) is 29.6 Å². The van der Waals surface area contributed by atoms with E-state index in [1.807, 2.05) is 0 Å². The van der Waals surface area contributed by atoms with Gasteiger partial charge < -0.3 is 9.97 Å². The Kier molecular flexibility index (Phi) is 5.27. The SMILES string of the molecule is CN1C(=O)C(=c2[nH]/c(=c3/[nH]c(=C4C(=O)N(C)C(=O)N(C)C4=O)c4ccccc34)c3ccccc23)C(=O)N(C)C1=O. The second-order valence-corrected chi connectivity index (χ2v) is 9.61. The molecule has 0 bridgehead atoms. The molecule has 2 fully saturated rings. The van der Waals surface area contributed by atoms with Crippen LogP contribution < -0.4 is 10.7 Å². The van der Waals surface area contributed by atoms with E-state index in [2.05, 4.69) is 9.97 Å². The minimum absolute atomic E-state index is 0.197. The Bertz CT molecular complexity index is 1900. The van der Waals surface area contributed by atoms with Gasteiger partial charge in [0.15, 0.2) is 0 Å². The Balaban J connectivity index is 1.83. The van der Waals surface area contributed by atoms with Crippen molar-refractivity contribution in [2.45, 2.75) is 0 Å². The van der Waals surface area contributed by atoms with Gasteiger partial charge in [-0.1, -0.05) is 48.5 Å². The number of nitrogens with one attached hydrogen (secondary N) is 2. The lowest BCUT2D eigenvalue weighted by molar-refractivity contribution is -0.132. The molecule has 0 atom stereocenters. The highest BCUT2D eigenvalue weighted by Gasteiger charge is 2.40. The van der Waals surface area contributed by atoms with Crippen LogP contribution in [0.4, 0.5) is 9.59 Å². The van der Waals surface area contributed by atoms with E-state index < -0.39 is 35.7 Å². The van der Waals surface area contributed by atoms with E-state index in [1.165, 1.54) is 28.2 Å². The lowest BCUT2D eigenvalue weighted by atomic mass is 10.1. The normalized spacial score (nSPS) is 17.9. The van der Waals surface area contributed by atoms with Gasteiger partial charge in [-0.05, 0) is 0 Å². The van der Waals surface area contributed by atoms with Gasteiger partial charge in [0.05, 0.1) is 21.4 Å². The fourth-order valence-corrected chi connectivity index (χ4v) is 5.23. The summed E-state index contributed by atoms with van der Waals surface area (Å²) in [5.41, 5.74) is -0.395. The molecule has 12 nitrogen and oxygen atoms in total. The summed E-state index contributed by atoms with van der Waals surface area (Å²) in [4.78, 5) is 87.2. The number of carbonyl (C=O) groups excluding carboxylic acids is 6. The van der Waals surface area contributed by atoms with Gasteiger partial charge >= 0.3 is 12.1 Å². The van der Waals surface area contributed by atoms with Crippen molar-refractivity contribution >= 4 is 68.4 Å². The molecule has 0 radical (unpaired) electrons. The molecule has 2 saturated heterocycles. The number of hydrogen-bond donors (Lipinski definition) is 2. The maximum Gasteiger partial charge on any atom is 0.333 e. The first-order valence-corrected chi connectivity index (χ1v) is 12.2. The van der Waals surface area contributed by atoms with Crippen LogP contribution in [0.25, 0.3) is 32.7 Å². The van der Waals surface area contributed by atoms with Crippen LogP contribution in [0.2, 0.25) is 0 Å². The Morgan fingerprint density at radius 2 is 0.675 bits per heavy atom. The van der Waals surface area contributed by atoms with Gasteiger partial charge in [0.1, 0.15) is 11.1 Å². The molecule has 2 aliphatic heterocycles. The highest BCUT2D eigenvalue weighted by atomic mass is 16.2. The summed E-state index contributed by atoms with van der Waals surface area (Å²) in [5.74, 6) is -2.97. The fraction of sp³-hybridized carbons (Fsp3) is 0.143. The summed E-state index contributed by atoms with van der Waals surface area (Å²) in [5, 5.41) is 3.89. The van der Waals surface area contributed by atoms with E-state index >= 15 is 0 Å². The van der Waals surface area contributed by atoms with Gasteiger partial charge in [-0.3, -0.25) is 38.8 Å². The maximum atomic E-state index is 13.1. The highest BCUT2D eigenvalue weighted by Crippen LogP contribution is 2.21. The number of hydrogen-bond acceptors (Lipinski definition) is 6. The Labute approximate surface area is 225 Å². The maximum absolute atomic E-state index is 13.1. The summed E-state index contributed by atoms with van der Waals surface area (Å²) >= 11 is 0. The number of fused-ring (bicyclic) bond motifs is 2. The highest BCUT2D eigenvalue weighted by molar-refractivity contribution is 6.47. The van der Waals surface area contributed by atoms with E-state index in [0.717, 1.165) is 19.6 Å². The van der Waals surface area contributed by atoms with Crippen molar-refractivity contribution in [3.63, 3.8) is 0 Å². The largest absolute Gasteiger partial charge is 0.352 e. The topological polar surface area (TPSA) is 147 Å². The number of barbiturate groups is 2. The monoisotopic (exact) mass is 538 g/mol. The number of benzene rings is 2. The van der Waals surface area contributed by atoms with Gasteiger partial charge in [-0.2, -0.15) is 0 Å². The average Bonchev–Trinajstić information content (AvgIpc) is 3.52. The Hall–Kier alpha value is -5.52. The molecule has 2 N–H and O–H groups in total. The van der Waals surface area contributed by atoms with Crippen LogP contribution in [0.5, 0.6) is 0 Å². The molecule has 200 valence electrons. The summed E-state index contributed by atoms with van der Waals surface area (Å²) in [6.45, 7) is 0. The zero-order valence-electron chi connectivity index (χ0n) is 21.9. The number of H-pyrrole nitrogens is 2. The Morgan fingerprint density at radius 3 is 0.950 bits per heavy atom. The number of carbonyl (C=O) groups is 6. The molecule has 12 heteroatoms. The van der Waals surface area contributed by atoms with Crippen molar-refractivity contribution in [1.29, 1.82) is 0 Å². The smallest absolute Gasteiger partial charge is 0.333 e. The fourth-order valence-electron chi connectivity index (χ4n) is 5.23. The van der Waals surface area contributed by atoms with Gasteiger partial charge in [0.25, 0.3) is 23.6 Å². The van der Waals surface area contributed by atoms with Crippen molar-refractivity contribution in [2.24, 2.45) is 0 Å². The molecule has 0 aliphatic carbocycles. The molecular weight excluding hydrogens is 516 g/mol. The van der Waals surface area contributed by atoms with Crippen molar-refractivity contribution in [2.75, 3.05) is 28.2 Å². The number of aromatic amines is 2. The van der Waals surface area contributed by atoms with E-state index in [0.29, 0.717) is 32.2 Å².